The van der Waals surface area contributed by atoms with Gasteiger partial charge in [-0.25, -0.2) is 0 Å². The fourth-order valence-electron chi connectivity index (χ4n) is 2.39. The fourth-order valence-corrected chi connectivity index (χ4v) is 2.39. The van der Waals surface area contributed by atoms with Crippen LogP contribution < -0.4 is 5.73 Å². The van der Waals surface area contributed by atoms with Crippen LogP contribution in [0.15, 0.2) is 0 Å². The van der Waals surface area contributed by atoms with Crippen LogP contribution in [0.4, 0.5) is 0 Å². The van der Waals surface area contributed by atoms with Crippen LogP contribution in [0.3, 0.4) is 0 Å². The standard InChI is InChI=1S/C11H24N2/c1-4-13(8-9(2)3)11-7-5-6-10(11)12/h9-11H,4-8,12H2,1-3H3. The molecule has 0 aromatic rings. The maximum absolute atomic E-state index is 6.09. The SMILES string of the molecule is CCN(CC(C)C)C1CCCC1N. The summed E-state index contributed by atoms with van der Waals surface area (Å²) in [5, 5.41) is 0. The van der Waals surface area contributed by atoms with E-state index in [9.17, 15) is 0 Å². The highest BCUT2D eigenvalue weighted by Crippen LogP contribution is 2.23. The molecule has 0 aromatic carbocycles. The second-order valence-electron chi connectivity index (χ2n) is 4.64. The summed E-state index contributed by atoms with van der Waals surface area (Å²) in [7, 11) is 0. The van der Waals surface area contributed by atoms with Crippen LogP contribution in [0.1, 0.15) is 40.0 Å². The first kappa shape index (κ1) is 11.0. The molecule has 0 heterocycles. The van der Waals surface area contributed by atoms with Gasteiger partial charge in [0.05, 0.1) is 0 Å². The molecule has 2 N–H and O–H groups in total. The van der Waals surface area contributed by atoms with Gasteiger partial charge in [-0.2, -0.15) is 0 Å². The first-order valence-corrected chi connectivity index (χ1v) is 5.64. The lowest BCUT2D eigenvalue weighted by atomic mass is 10.1. The summed E-state index contributed by atoms with van der Waals surface area (Å²) in [5.41, 5.74) is 6.09. The van der Waals surface area contributed by atoms with E-state index < -0.39 is 0 Å². The molecule has 1 aliphatic carbocycles. The molecule has 0 aliphatic heterocycles. The highest BCUT2D eigenvalue weighted by Gasteiger charge is 2.28. The zero-order valence-corrected chi connectivity index (χ0v) is 9.29. The van der Waals surface area contributed by atoms with Crippen molar-refractivity contribution in [2.75, 3.05) is 13.1 Å². The molecule has 0 aromatic heterocycles. The molecular formula is C11H24N2. The minimum Gasteiger partial charge on any atom is -0.326 e. The van der Waals surface area contributed by atoms with Crippen LogP contribution in [-0.4, -0.2) is 30.1 Å². The van der Waals surface area contributed by atoms with E-state index in [2.05, 4.69) is 25.7 Å². The Morgan fingerprint density at radius 1 is 1.38 bits per heavy atom. The minimum absolute atomic E-state index is 0.429. The van der Waals surface area contributed by atoms with Crippen LogP contribution >= 0.6 is 0 Å². The topological polar surface area (TPSA) is 29.3 Å². The number of hydrogen-bond donors (Lipinski definition) is 1. The average Bonchev–Trinajstić information content (AvgIpc) is 2.47. The van der Waals surface area contributed by atoms with Crippen molar-refractivity contribution >= 4 is 0 Å². The predicted octanol–water partition coefficient (Wildman–Crippen LogP) is 1.84. The first-order valence-electron chi connectivity index (χ1n) is 5.64. The highest BCUT2D eigenvalue weighted by atomic mass is 15.2. The molecule has 1 fully saturated rings. The van der Waals surface area contributed by atoms with Gasteiger partial charge in [-0.05, 0) is 25.3 Å². The molecule has 0 saturated heterocycles. The van der Waals surface area contributed by atoms with Crippen molar-refractivity contribution in [1.82, 2.24) is 4.90 Å². The van der Waals surface area contributed by atoms with Crippen LogP contribution in [-0.2, 0) is 0 Å². The highest BCUT2D eigenvalue weighted by molar-refractivity contribution is 4.87. The van der Waals surface area contributed by atoms with E-state index >= 15 is 0 Å². The summed E-state index contributed by atoms with van der Waals surface area (Å²) in [6.45, 7) is 9.16. The van der Waals surface area contributed by atoms with E-state index in [1.807, 2.05) is 0 Å². The Hall–Kier alpha value is -0.0800. The summed E-state index contributed by atoms with van der Waals surface area (Å²) in [6, 6.07) is 1.09. The number of likely N-dealkylation sites (N-methyl/N-ethyl adjacent to an activating group) is 1. The smallest absolute Gasteiger partial charge is 0.0247 e. The van der Waals surface area contributed by atoms with Gasteiger partial charge >= 0.3 is 0 Å². The normalized spacial score (nSPS) is 29.1. The van der Waals surface area contributed by atoms with Crippen molar-refractivity contribution in [1.29, 1.82) is 0 Å². The third-order valence-corrected chi connectivity index (χ3v) is 3.01. The Balaban J connectivity index is 2.45. The van der Waals surface area contributed by atoms with Crippen LogP contribution in [0.5, 0.6) is 0 Å². The van der Waals surface area contributed by atoms with Crippen molar-refractivity contribution < 1.29 is 0 Å². The quantitative estimate of drug-likeness (QED) is 0.722. The summed E-state index contributed by atoms with van der Waals surface area (Å²) in [5.74, 6) is 0.757. The van der Waals surface area contributed by atoms with Crippen molar-refractivity contribution in [2.45, 2.75) is 52.1 Å². The van der Waals surface area contributed by atoms with Gasteiger partial charge in [0, 0.05) is 18.6 Å². The summed E-state index contributed by atoms with van der Waals surface area (Å²) >= 11 is 0. The Morgan fingerprint density at radius 2 is 2.08 bits per heavy atom. The van der Waals surface area contributed by atoms with Crippen LogP contribution in [0.25, 0.3) is 0 Å². The molecule has 0 spiro atoms. The summed E-state index contributed by atoms with van der Waals surface area (Å²) in [6.07, 6.45) is 3.85. The largest absolute Gasteiger partial charge is 0.326 e. The van der Waals surface area contributed by atoms with Gasteiger partial charge < -0.3 is 5.73 Å². The van der Waals surface area contributed by atoms with Crippen molar-refractivity contribution in [3.8, 4) is 0 Å². The molecule has 1 aliphatic rings. The molecule has 0 amide bonds. The zero-order valence-electron chi connectivity index (χ0n) is 9.29. The van der Waals surface area contributed by atoms with Gasteiger partial charge in [-0.15, -0.1) is 0 Å². The zero-order chi connectivity index (χ0) is 9.84. The van der Waals surface area contributed by atoms with Gasteiger partial charge in [0.1, 0.15) is 0 Å². The number of hydrogen-bond acceptors (Lipinski definition) is 2. The van der Waals surface area contributed by atoms with E-state index in [1.54, 1.807) is 0 Å². The Bertz CT molecular complexity index is 145. The third-order valence-electron chi connectivity index (χ3n) is 3.01. The molecule has 2 unspecified atom stereocenters. The number of rotatable bonds is 4. The van der Waals surface area contributed by atoms with Gasteiger partial charge in [0.25, 0.3) is 0 Å². The molecule has 2 nitrogen and oxygen atoms in total. The molecule has 2 heteroatoms. The van der Waals surface area contributed by atoms with Crippen molar-refractivity contribution in [3.63, 3.8) is 0 Å². The number of nitrogens with two attached hydrogens (primary N) is 1. The maximum Gasteiger partial charge on any atom is 0.0247 e. The molecule has 1 rings (SSSR count). The van der Waals surface area contributed by atoms with Crippen LogP contribution in [0, 0.1) is 5.92 Å². The number of nitrogens with zero attached hydrogens (tertiary/aromatic N) is 1. The van der Waals surface area contributed by atoms with E-state index in [0.717, 1.165) is 12.5 Å². The molecule has 1 saturated carbocycles. The van der Waals surface area contributed by atoms with E-state index in [-0.39, 0.29) is 0 Å². The third kappa shape index (κ3) is 2.96. The average molecular weight is 184 g/mol. The second-order valence-corrected chi connectivity index (χ2v) is 4.64. The molecule has 13 heavy (non-hydrogen) atoms. The Morgan fingerprint density at radius 3 is 2.46 bits per heavy atom. The van der Waals surface area contributed by atoms with Crippen molar-refractivity contribution in [2.24, 2.45) is 11.7 Å². The first-order chi connectivity index (χ1) is 6.15. The van der Waals surface area contributed by atoms with Gasteiger partial charge in [0.15, 0.2) is 0 Å². The summed E-state index contributed by atoms with van der Waals surface area (Å²) < 4.78 is 0. The van der Waals surface area contributed by atoms with Crippen molar-refractivity contribution in [3.05, 3.63) is 0 Å². The minimum atomic E-state index is 0.429. The predicted molar refractivity (Wildman–Crippen MR) is 57.7 cm³/mol. The maximum atomic E-state index is 6.09. The van der Waals surface area contributed by atoms with E-state index in [4.69, 9.17) is 5.73 Å². The monoisotopic (exact) mass is 184 g/mol. The van der Waals surface area contributed by atoms with E-state index in [0.29, 0.717) is 12.1 Å². The molecule has 2 atom stereocenters. The molecule has 78 valence electrons. The van der Waals surface area contributed by atoms with E-state index in [1.165, 1.54) is 25.8 Å². The molecular weight excluding hydrogens is 160 g/mol. The van der Waals surface area contributed by atoms with Gasteiger partial charge in [-0.3, -0.25) is 4.90 Å². The lowest BCUT2D eigenvalue weighted by molar-refractivity contribution is 0.174. The fraction of sp³-hybridized carbons (Fsp3) is 1.00. The molecule has 0 bridgehead atoms. The lowest BCUT2D eigenvalue weighted by Crippen LogP contribution is -2.45. The van der Waals surface area contributed by atoms with Crippen LogP contribution in [0.2, 0.25) is 0 Å². The molecule has 0 radical (unpaired) electrons. The Labute approximate surface area is 82.5 Å². The summed E-state index contributed by atoms with van der Waals surface area (Å²) in [4.78, 5) is 2.56. The Kier molecular flexibility index (Phi) is 4.20. The second kappa shape index (κ2) is 4.97. The lowest BCUT2D eigenvalue weighted by Gasteiger charge is -2.31. The van der Waals surface area contributed by atoms with Gasteiger partial charge in [-0.1, -0.05) is 27.2 Å². The van der Waals surface area contributed by atoms with Gasteiger partial charge in [0.2, 0.25) is 0 Å².